The first-order valence-corrected chi connectivity index (χ1v) is 4.83. The van der Waals surface area contributed by atoms with E-state index in [9.17, 15) is 30.3 Å². The van der Waals surface area contributed by atoms with Crippen LogP contribution in [0, 0.1) is 36.4 Å². The maximum Gasteiger partial charge on any atom is 0.354 e. The molecule has 2 aromatic carbocycles. The van der Waals surface area contributed by atoms with Gasteiger partial charge in [0.1, 0.15) is 0 Å². The van der Waals surface area contributed by atoms with Crippen molar-refractivity contribution in [2.75, 3.05) is 0 Å². The fourth-order valence-corrected chi connectivity index (χ4v) is 1.58. The van der Waals surface area contributed by atoms with E-state index in [1.54, 1.807) is 0 Å². The Morgan fingerprint density at radius 3 is 2.11 bits per heavy atom. The molecule has 9 nitrogen and oxygen atoms in total. The van der Waals surface area contributed by atoms with Crippen LogP contribution in [0.15, 0.2) is 24.3 Å². The van der Waals surface area contributed by atoms with Crippen LogP contribution in [0.1, 0.15) is 0 Å². The SMILES string of the molecule is O=[N+]([O-])c1ccc2[c]c([N+](=O)[O-])c([N+](=O)[O-])cc2c1. The van der Waals surface area contributed by atoms with Crippen molar-refractivity contribution in [1.82, 2.24) is 0 Å². The Labute approximate surface area is 104 Å². The van der Waals surface area contributed by atoms with E-state index in [-0.39, 0.29) is 16.5 Å². The second-order valence-electron chi connectivity index (χ2n) is 3.55. The van der Waals surface area contributed by atoms with Crippen molar-refractivity contribution in [1.29, 1.82) is 0 Å². The van der Waals surface area contributed by atoms with E-state index in [1.807, 2.05) is 0 Å². The minimum atomic E-state index is -0.924. The van der Waals surface area contributed by atoms with Gasteiger partial charge in [0.2, 0.25) is 0 Å². The highest BCUT2D eigenvalue weighted by molar-refractivity contribution is 5.89. The number of hydrogen-bond donors (Lipinski definition) is 0. The lowest BCUT2D eigenvalue weighted by atomic mass is 10.1. The standard InChI is InChI=1S/C10H4N3O6/c14-11(15)8-2-1-6-4-9(12(16)17)10(13(18)19)5-7(6)3-8/h1-3,5H. The summed E-state index contributed by atoms with van der Waals surface area (Å²) in [4.78, 5) is 29.5. The molecule has 0 saturated heterocycles. The highest BCUT2D eigenvalue weighted by Gasteiger charge is 2.25. The van der Waals surface area contributed by atoms with Crippen molar-refractivity contribution < 1.29 is 14.8 Å². The van der Waals surface area contributed by atoms with Crippen LogP contribution in [0.25, 0.3) is 10.8 Å². The number of nitro benzene ring substituents is 3. The van der Waals surface area contributed by atoms with Gasteiger partial charge < -0.3 is 0 Å². The van der Waals surface area contributed by atoms with Crippen LogP contribution in [-0.2, 0) is 0 Å². The predicted molar refractivity (Wildman–Crippen MR) is 62.7 cm³/mol. The fraction of sp³-hybridized carbons (Fsp3) is 0. The van der Waals surface area contributed by atoms with Gasteiger partial charge in [0, 0.05) is 18.2 Å². The van der Waals surface area contributed by atoms with Gasteiger partial charge in [0.25, 0.3) is 5.69 Å². The monoisotopic (exact) mass is 262 g/mol. The Bertz CT molecular complexity index is 727. The first-order valence-electron chi connectivity index (χ1n) is 4.83. The number of nitrogens with zero attached hydrogens (tertiary/aromatic N) is 3. The maximum atomic E-state index is 10.7. The zero-order valence-electron chi connectivity index (χ0n) is 9.10. The molecule has 2 aromatic rings. The first kappa shape index (κ1) is 12.4. The van der Waals surface area contributed by atoms with Gasteiger partial charge in [-0.15, -0.1) is 0 Å². The lowest BCUT2D eigenvalue weighted by Crippen LogP contribution is -1.97. The van der Waals surface area contributed by atoms with Crippen molar-refractivity contribution in [3.8, 4) is 0 Å². The molecule has 0 aliphatic carbocycles. The summed E-state index contributed by atoms with van der Waals surface area (Å²) < 4.78 is 0. The zero-order valence-corrected chi connectivity index (χ0v) is 9.10. The molecule has 2 rings (SSSR count). The van der Waals surface area contributed by atoms with Crippen LogP contribution in [0.4, 0.5) is 17.1 Å². The van der Waals surface area contributed by atoms with Crippen LogP contribution >= 0.6 is 0 Å². The van der Waals surface area contributed by atoms with Crippen LogP contribution < -0.4 is 0 Å². The average molecular weight is 262 g/mol. The fourth-order valence-electron chi connectivity index (χ4n) is 1.58. The Morgan fingerprint density at radius 1 is 0.895 bits per heavy atom. The number of hydrogen-bond acceptors (Lipinski definition) is 6. The van der Waals surface area contributed by atoms with Crippen LogP contribution in [0.2, 0.25) is 0 Å². The van der Waals surface area contributed by atoms with Gasteiger partial charge in [-0.2, -0.15) is 0 Å². The number of nitro groups is 3. The van der Waals surface area contributed by atoms with Crippen molar-refractivity contribution in [3.63, 3.8) is 0 Å². The largest absolute Gasteiger partial charge is 0.354 e. The molecule has 0 amide bonds. The number of benzene rings is 2. The molecule has 0 atom stereocenters. The van der Waals surface area contributed by atoms with Crippen LogP contribution in [-0.4, -0.2) is 14.8 Å². The second kappa shape index (κ2) is 4.29. The molecule has 0 aliphatic heterocycles. The van der Waals surface area contributed by atoms with Crippen molar-refractivity contribution in [3.05, 3.63) is 60.7 Å². The summed E-state index contributed by atoms with van der Waals surface area (Å²) in [6.07, 6.45) is 0. The molecule has 0 fully saturated rings. The van der Waals surface area contributed by atoms with Crippen molar-refractivity contribution in [2.45, 2.75) is 0 Å². The summed E-state index contributed by atoms with van der Waals surface area (Å²) in [5, 5.41) is 32.4. The van der Waals surface area contributed by atoms with Gasteiger partial charge >= 0.3 is 11.4 Å². The molecule has 0 N–H and O–H groups in total. The summed E-state index contributed by atoms with van der Waals surface area (Å²) in [6.45, 7) is 0. The molecule has 0 spiro atoms. The smallest absolute Gasteiger partial charge is 0.258 e. The number of fused-ring (bicyclic) bond motifs is 1. The highest BCUT2D eigenvalue weighted by atomic mass is 16.6. The molecule has 0 heterocycles. The zero-order chi connectivity index (χ0) is 14.2. The Hall–Kier alpha value is -3.10. The van der Waals surface area contributed by atoms with Crippen molar-refractivity contribution in [2.24, 2.45) is 0 Å². The molecule has 0 unspecified atom stereocenters. The van der Waals surface area contributed by atoms with Gasteiger partial charge in [-0.1, -0.05) is 0 Å². The molecule has 0 aliphatic rings. The topological polar surface area (TPSA) is 129 Å². The third kappa shape index (κ3) is 2.16. The maximum absolute atomic E-state index is 10.7. The lowest BCUT2D eigenvalue weighted by Gasteiger charge is -1.99. The molecular formula is C10H4N3O6. The minimum absolute atomic E-state index is 0.145. The van der Waals surface area contributed by atoms with Gasteiger partial charge in [-0.05, 0) is 16.8 Å². The van der Waals surface area contributed by atoms with Crippen LogP contribution in [0.3, 0.4) is 0 Å². The lowest BCUT2D eigenvalue weighted by molar-refractivity contribution is -0.422. The molecular weight excluding hydrogens is 258 g/mol. The van der Waals surface area contributed by atoms with Crippen LogP contribution in [0.5, 0.6) is 0 Å². The summed E-state index contributed by atoms with van der Waals surface area (Å²) in [6, 6.07) is 6.71. The summed E-state index contributed by atoms with van der Waals surface area (Å²) >= 11 is 0. The Morgan fingerprint density at radius 2 is 1.58 bits per heavy atom. The number of non-ortho nitro benzene ring substituents is 1. The van der Waals surface area contributed by atoms with Gasteiger partial charge in [-0.3, -0.25) is 30.3 Å². The third-order valence-corrected chi connectivity index (χ3v) is 2.41. The van der Waals surface area contributed by atoms with Gasteiger partial charge in [0.15, 0.2) is 0 Å². The average Bonchev–Trinajstić information content (AvgIpc) is 2.36. The van der Waals surface area contributed by atoms with Gasteiger partial charge in [0.05, 0.1) is 20.8 Å². The molecule has 95 valence electrons. The predicted octanol–water partition coefficient (Wildman–Crippen LogP) is 2.36. The van der Waals surface area contributed by atoms with E-state index in [0.717, 1.165) is 18.2 Å². The summed E-state index contributed by atoms with van der Waals surface area (Å²) in [5.74, 6) is 0. The quantitative estimate of drug-likeness (QED) is 0.616. The van der Waals surface area contributed by atoms with E-state index in [1.165, 1.54) is 6.07 Å². The number of rotatable bonds is 3. The Balaban J connectivity index is 2.77. The molecule has 9 heteroatoms. The third-order valence-electron chi connectivity index (χ3n) is 2.41. The normalized spacial score (nSPS) is 10.3. The van der Waals surface area contributed by atoms with E-state index in [4.69, 9.17) is 0 Å². The van der Waals surface area contributed by atoms with E-state index in [2.05, 4.69) is 6.07 Å². The molecule has 0 bridgehead atoms. The summed E-state index contributed by atoms with van der Waals surface area (Å²) in [5.41, 5.74) is -1.78. The molecule has 19 heavy (non-hydrogen) atoms. The summed E-state index contributed by atoms with van der Waals surface area (Å²) in [7, 11) is 0. The molecule has 1 radical (unpaired) electrons. The van der Waals surface area contributed by atoms with Gasteiger partial charge in [-0.25, -0.2) is 0 Å². The Kier molecular flexibility index (Phi) is 2.79. The molecule has 0 aromatic heterocycles. The molecule has 0 saturated carbocycles. The van der Waals surface area contributed by atoms with E-state index < -0.39 is 26.1 Å². The first-order chi connectivity index (χ1) is 8.90. The van der Waals surface area contributed by atoms with Crippen molar-refractivity contribution >= 4 is 27.8 Å². The second-order valence-corrected chi connectivity index (χ2v) is 3.55. The minimum Gasteiger partial charge on any atom is -0.258 e. The van der Waals surface area contributed by atoms with E-state index >= 15 is 0 Å². The highest BCUT2D eigenvalue weighted by Crippen LogP contribution is 2.32. The van der Waals surface area contributed by atoms with E-state index in [0.29, 0.717) is 0 Å².